The molecule has 12 heavy (non-hydrogen) atoms. The zero-order valence-electron chi connectivity index (χ0n) is 7.24. The molecule has 0 saturated carbocycles. The average Bonchev–Trinajstić information content (AvgIpc) is 2.29. The predicted molar refractivity (Wildman–Crippen MR) is 44.4 cm³/mol. The molecule has 3 nitrogen and oxygen atoms in total. The van der Waals surface area contributed by atoms with E-state index in [9.17, 15) is 4.79 Å². The molecule has 1 atom stereocenters. The van der Waals surface area contributed by atoms with E-state index in [4.69, 9.17) is 9.47 Å². The van der Waals surface area contributed by atoms with Crippen LogP contribution in [-0.4, -0.2) is 18.5 Å². The highest BCUT2D eigenvalue weighted by atomic mass is 16.7. The molecule has 0 radical (unpaired) electrons. The smallest absolute Gasteiger partial charge is 0.280 e. The molecule has 1 aliphatic rings. The lowest BCUT2D eigenvalue weighted by molar-refractivity contribution is -0.116. The van der Waals surface area contributed by atoms with Gasteiger partial charge in [-0.05, 0) is 19.4 Å². The minimum absolute atomic E-state index is 0.0504. The second kappa shape index (κ2) is 3.43. The highest BCUT2D eigenvalue weighted by molar-refractivity contribution is 5.64. The lowest BCUT2D eigenvalue weighted by Crippen LogP contribution is -2.11. The molecule has 0 aromatic carbocycles. The molecule has 0 amide bonds. The van der Waals surface area contributed by atoms with Crippen molar-refractivity contribution < 1.29 is 14.3 Å². The Morgan fingerprint density at radius 3 is 2.83 bits per heavy atom. The summed E-state index contributed by atoms with van der Waals surface area (Å²) < 4.78 is 10.3. The summed E-state index contributed by atoms with van der Waals surface area (Å²) in [6.07, 6.45) is 1.84. The van der Waals surface area contributed by atoms with Crippen LogP contribution in [0.15, 0.2) is 24.2 Å². The van der Waals surface area contributed by atoms with Crippen LogP contribution in [0, 0.1) is 0 Å². The van der Waals surface area contributed by atoms with Crippen LogP contribution in [0.4, 0.5) is 0 Å². The van der Waals surface area contributed by atoms with E-state index >= 15 is 0 Å². The van der Waals surface area contributed by atoms with E-state index in [-0.39, 0.29) is 6.10 Å². The van der Waals surface area contributed by atoms with Gasteiger partial charge in [0.15, 0.2) is 12.4 Å². The summed E-state index contributed by atoms with van der Waals surface area (Å²) >= 11 is 0. The Kier molecular flexibility index (Phi) is 2.53. The van der Waals surface area contributed by atoms with Crippen molar-refractivity contribution in [2.45, 2.75) is 26.1 Å². The summed E-state index contributed by atoms with van der Waals surface area (Å²) in [7, 11) is 0. The quantitative estimate of drug-likeness (QED) is 0.597. The van der Waals surface area contributed by atoms with Gasteiger partial charge in [-0.1, -0.05) is 6.58 Å². The zero-order valence-corrected chi connectivity index (χ0v) is 7.24. The molecule has 0 N–H and O–H groups in total. The summed E-state index contributed by atoms with van der Waals surface area (Å²) in [6.45, 7) is 7.43. The SMILES string of the molecule is C=C1C=C(OC(C)C)OC1C=O. The van der Waals surface area contributed by atoms with Gasteiger partial charge in [0.05, 0.1) is 6.10 Å². The van der Waals surface area contributed by atoms with Crippen LogP contribution in [0.1, 0.15) is 13.8 Å². The Hall–Kier alpha value is -1.25. The van der Waals surface area contributed by atoms with Gasteiger partial charge >= 0.3 is 0 Å². The number of hydrogen-bond donors (Lipinski definition) is 0. The van der Waals surface area contributed by atoms with Gasteiger partial charge in [-0.15, -0.1) is 0 Å². The summed E-state index contributed by atoms with van der Waals surface area (Å²) in [5.74, 6) is 0.382. The lowest BCUT2D eigenvalue weighted by Gasteiger charge is -2.11. The second-order valence-electron chi connectivity index (χ2n) is 2.88. The first kappa shape index (κ1) is 8.84. The molecule has 0 saturated heterocycles. The number of rotatable bonds is 3. The van der Waals surface area contributed by atoms with E-state index < -0.39 is 6.10 Å². The molecule has 1 heterocycles. The van der Waals surface area contributed by atoms with E-state index in [1.165, 1.54) is 0 Å². The van der Waals surface area contributed by atoms with Crippen molar-refractivity contribution in [3.63, 3.8) is 0 Å². The van der Waals surface area contributed by atoms with Crippen LogP contribution in [-0.2, 0) is 14.3 Å². The highest BCUT2D eigenvalue weighted by Gasteiger charge is 2.22. The predicted octanol–water partition coefficient (Wildman–Crippen LogP) is 1.41. The first-order valence-electron chi connectivity index (χ1n) is 3.82. The average molecular weight is 168 g/mol. The minimum Gasteiger partial charge on any atom is -0.463 e. The summed E-state index contributed by atoms with van der Waals surface area (Å²) in [5, 5.41) is 0. The van der Waals surface area contributed by atoms with Crippen LogP contribution in [0.25, 0.3) is 0 Å². The molecular formula is C9H12O3. The maximum Gasteiger partial charge on any atom is 0.280 e. The molecule has 0 aromatic rings. The van der Waals surface area contributed by atoms with Gasteiger partial charge in [0.2, 0.25) is 0 Å². The van der Waals surface area contributed by atoms with E-state index in [1.54, 1.807) is 6.08 Å². The Bertz CT molecular complexity index is 228. The van der Waals surface area contributed by atoms with Crippen molar-refractivity contribution in [2.24, 2.45) is 0 Å². The highest BCUT2D eigenvalue weighted by Crippen LogP contribution is 2.21. The van der Waals surface area contributed by atoms with Gasteiger partial charge < -0.3 is 9.47 Å². The minimum atomic E-state index is -0.557. The molecule has 0 spiro atoms. The fraction of sp³-hybridized carbons (Fsp3) is 0.444. The van der Waals surface area contributed by atoms with Crippen LogP contribution in [0.3, 0.4) is 0 Å². The number of carbonyl (C=O) groups excluding carboxylic acids is 1. The van der Waals surface area contributed by atoms with E-state index in [2.05, 4.69) is 6.58 Å². The van der Waals surface area contributed by atoms with Gasteiger partial charge in [-0.3, -0.25) is 4.79 Å². The lowest BCUT2D eigenvalue weighted by atomic mass is 10.2. The largest absolute Gasteiger partial charge is 0.463 e. The number of ether oxygens (including phenoxy) is 2. The molecule has 0 aromatic heterocycles. The van der Waals surface area contributed by atoms with Gasteiger partial charge in [-0.2, -0.15) is 0 Å². The summed E-state index contributed by atoms with van der Waals surface area (Å²) in [4.78, 5) is 10.4. The molecule has 0 bridgehead atoms. The van der Waals surface area contributed by atoms with Crippen molar-refractivity contribution in [3.05, 3.63) is 24.2 Å². The number of aldehydes is 1. The normalized spacial score (nSPS) is 22.1. The van der Waals surface area contributed by atoms with Gasteiger partial charge in [0.25, 0.3) is 5.95 Å². The Balaban J connectivity index is 2.55. The van der Waals surface area contributed by atoms with Crippen molar-refractivity contribution in [1.82, 2.24) is 0 Å². The first-order valence-corrected chi connectivity index (χ1v) is 3.82. The number of carbonyl (C=O) groups is 1. The van der Waals surface area contributed by atoms with Crippen LogP contribution < -0.4 is 0 Å². The van der Waals surface area contributed by atoms with Crippen molar-refractivity contribution in [1.29, 1.82) is 0 Å². The Labute approximate surface area is 71.7 Å². The molecule has 0 aliphatic carbocycles. The monoisotopic (exact) mass is 168 g/mol. The van der Waals surface area contributed by atoms with Gasteiger partial charge in [-0.25, -0.2) is 0 Å². The number of hydrogen-bond acceptors (Lipinski definition) is 3. The van der Waals surface area contributed by atoms with Crippen LogP contribution >= 0.6 is 0 Å². The van der Waals surface area contributed by atoms with E-state index in [0.717, 1.165) is 0 Å². The maximum absolute atomic E-state index is 10.4. The third kappa shape index (κ3) is 1.87. The topological polar surface area (TPSA) is 35.5 Å². The molecule has 3 heteroatoms. The van der Waals surface area contributed by atoms with E-state index in [1.807, 2.05) is 13.8 Å². The molecule has 1 rings (SSSR count). The summed E-state index contributed by atoms with van der Waals surface area (Å²) in [6, 6.07) is 0. The van der Waals surface area contributed by atoms with Crippen molar-refractivity contribution in [2.75, 3.05) is 0 Å². The third-order valence-electron chi connectivity index (χ3n) is 1.39. The fourth-order valence-corrected chi connectivity index (χ4v) is 0.878. The maximum atomic E-state index is 10.4. The zero-order chi connectivity index (χ0) is 9.14. The molecular weight excluding hydrogens is 156 g/mol. The molecule has 66 valence electrons. The second-order valence-corrected chi connectivity index (χ2v) is 2.88. The van der Waals surface area contributed by atoms with Crippen LogP contribution in [0.2, 0.25) is 0 Å². The molecule has 0 fully saturated rings. The summed E-state index contributed by atoms with van der Waals surface area (Å²) in [5.41, 5.74) is 0.639. The van der Waals surface area contributed by atoms with Crippen molar-refractivity contribution in [3.8, 4) is 0 Å². The standard InChI is InChI=1S/C9H12O3/c1-6(2)11-9-4-7(3)8(5-10)12-9/h4-6,8H,3H2,1-2H3. The molecule has 1 aliphatic heterocycles. The first-order chi connectivity index (χ1) is 5.63. The van der Waals surface area contributed by atoms with Crippen molar-refractivity contribution >= 4 is 6.29 Å². The fourth-order valence-electron chi connectivity index (χ4n) is 0.878. The van der Waals surface area contributed by atoms with Gasteiger partial charge in [0.1, 0.15) is 0 Å². The van der Waals surface area contributed by atoms with Gasteiger partial charge in [0, 0.05) is 6.08 Å². The van der Waals surface area contributed by atoms with Crippen LogP contribution in [0.5, 0.6) is 0 Å². The molecule has 1 unspecified atom stereocenters. The third-order valence-corrected chi connectivity index (χ3v) is 1.39. The van der Waals surface area contributed by atoms with E-state index in [0.29, 0.717) is 17.8 Å². The Morgan fingerprint density at radius 1 is 1.75 bits per heavy atom. The Morgan fingerprint density at radius 2 is 2.42 bits per heavy atom.